The fraction of sp³-hybridized carbons (Fsp3) is 0.333. The van der Waals surface area contributed by atoms with Crippen LogP contribution < -0.4 is 0 Å². The molecule has 62 valence electrons. The van der Waals surface area contributed by atoms with E-state index in [0.29, 0.717) is 0 Å². The van der Waals surface area contributed by atoms with Crippen molar-refractivity contribution in [3.8, 4) is 0 Å². The molecular formula is C9H14IN. The largest absolute Gasteiger partial charge is 0.312 e. The Labute approximate surface area is 82.6 Å². The maximum absolute atomic E-state index is 2.28. The van der Waals surface area contributed by atoms with Crippen LogP contribution in [0.5, 0.6) is 0 Å². The standard InChI is InChI=1S/C6H5I.C3H9N/c7-6-4-2-1-3-5-6;1-4(2)3/h1-5H;1-3H3. The molecular weight excluding hydrogens is 249 g/mol. The van der Waals surface area contributed by atoms with Gasteiger partial charge in [-0.3, -0.25) is 0 Å². The molecule has 0 aliphatic heterocycles. The summed E-state index contributed by atoms with van der Waals surface area (Å²) in [7, 11) is 6.00. The molecule has 0 saturated carbocycles. The summed E-state index contributed by atoms with van der Waals surface area (Å²) in [5.74, 6) is 0. The molecule has 0 N–H and O–H groups in total. The summed E-state index contributed by atoms with van der Waals surface area (Å²) < 4.78 is 1.29. The van der Waals surface area contributed by atoms with E-state index in [9.17, 15) is 0 Å². The van der Waals surface area contributed by atoms with Crippen molar-refractivity contribution in [2.45, 2.75) is 0 Å². The Kier molecular flexibility index (Phi) is 6.56. The molecule has 0 heterocycles. The Morgan fingerprint density at radius 2 is 1.36 bits per heavy atom. The minimum atomic E-state index is 1.29. The Morgan fingerprint density at radius 3 is 1.55 bits per heavy atom. The molecule has 0 spiro atoms. The average Bonchev–Trinajstić information content (AvgIpc) is 1.87. The molecule has 0 aliphatic carbocycles. The van der Waals surface area contributed by atoms with Crippen molar-refractivity contribution in [1.82, 2.24) is 4.90 Å². The second-order valence-electron chi connectivity index (χ2n) is 2.64. The first-order valence-corrected chi connectivity index (χ1v) is 4.52. The van der Waals surface area contributed by atoms with E-state index in [2.05, 4.69) is 34.7 Å². The fourth-order valence-electron chi connectivity index (χ4n) is 0.415. The Hall–Kier alpha value is -0.0900. The average molecular weight is 263 g/mol. The van der Waals surface area contributed by atoms with E-state index in [1.807, 2.05) is 44.2 Å². The van der Waals surface area contributed by atoms with E-state index in [-0.39, 0.29) is 0 Å². The Morgan fingerprint density at radius 1 is 1.00 bits per heavy atom. The lowest BCUT2D eigenvalue weighted by molar-refractivity contribution is 0.505. The highest BCUT2D eigenvalue weighted by molar-refractivity contribution is 14.1. The van der Waals surface area contributed by atoms with Crippen molar-refractivity contribution in [3.05, 3.63) is 33.9 Å². The number of nitrogens with zero attached hydrogens (tertiary/aromatic N) is 1. The third-order valence-corrected chi connectivity index (χ3v) is 1.45. The van der Waals surface area contributed by atoms with Gasteiger partial charge in [-0.05, 0) is 55.9 Å². The van der Waals surface area contributed by atoms with Gasteiger partial charge < -0.3 is 4.90 Å². The van der Waals surface area contributed by atoms with Crippen molar-refractivity contribution < 1.29 is 0 Å². The fourth-order valence-corrected chi connectivity index (χ4v) is 0.830. The van der Waals surface area contributed by atoms with Crippen LogP contribution in [0.25, 0.3) is 0 Å². The van der Waals surface area contributed by atoms with Crippen molar-refractivity contribution in [1.29, 1.82) is 0 Å². The Balaban J connectivity index is 0.000000218. The maximum Gasteiger partial charge on any atom is 0.0130 e. The predicted octanol–water partition coefficient (Wildman–Crippen LogP) is 2.47. The first kappa shape index (κ1) is 10.9. The second-order valence-corrected chi connectivity index (χ2v) is 3.88. The van der Waals surface area contributed by atoms with E-state index >= 15 is 0 Å². The number of benzene rings is 1. The monoisotopic (exact) mass is 263 g/mol. The van der Waals surface area contributed by atoms with Gasteiger partial charge in [0.1, 0.15) is 0 Å². The quantitative estimate of drug-likeness (QED) is 0.650. The normalized spacial score (nSPS) is 8.82. The van der Waals surface area contributed by atoms with Crippen LogP contribution in [0.3, 0.4) is 0 Å². The molecule has 0 saturated heterocycles. The number of hydrogen-bond acceptors (Lipinski definition) is 1. The summed E-state index contributed by atoms with van der Waals surface area (Å²) in [4.78, 5) is 2.00. The lowest BCUT2D eigenvalue weighted by atomic mass is 10.4. The van der Waals surface area contributed by atoms with E-state index in [1.54, 1.807) is 0 Å². The minimum Gasteiger partial charge on any atom is -0.312 e. The SMILES string of the molecule is CN(C)C.Ic1ccccc1. The molecule has 0 unspecified atom stereocenters. The van der Waals surface area contributed by atoms with Crippen LogP contribution >= 0.6 is 22.6 Å². The number of rotatable bonds is 0. The van der Waals surface area contributed by atoms with Crippen LogP contribution in [0, 0.1) is 3.57 Å². The highest BCUT2D eigenvalue weighted by Crippen LogP contribution is 1.99. The summed E-state index contributed by atoms with van der Waals surface area (Å²) in [6, 6.07) is 10.2. The molecule has 0 fully saturated rings. The molecule has 1 aromatic carbocycles. The van der Waals surface area contributed by atoms with Gasteiger partial charge in [-0.1, -0.05) is 18.2 Å². The van der Waals surface area contributed by atoms with Crippen LogP contribution in [-0.2, 0) is 0 Å². The first-order chi connectivity index (χ1) is 5.13. The van der Waals surface area contributed by atoms with Gasteiger partial charge >= 0.3 is 0 Å². The summed E-state index contributed by atoms with van der Waals surface area (Å²) in [5.41, 5.74) is 0. The zero-order valence-electron chi connectivity index (χ0n) is 7.21. The van der Waals surface area contributed by atoms with Gasteiger partial charge in [0.2, 0.25) is 0 Å². The van der Waals surface area contributed by atoms with Gasteiger partial charge in [0.05, 0.1) is 0 Å². The molecule has 1 rings (SSSR count). The number of hydrogen-bond donors (Lipinski definition) is 0. The van der Waals surface area contributed by atoms with Crippen molar-refractivity contribution >= 4 is 22.6 Å². The summed E-state index contributed by atoms with van der Waals surface area (Å²) >= 11 is 2.28. The van der Waals surface area contributed by atoms with Crippen LogP contribution in [0.15, 0.2) is 30.3 Å². The third-order valence-electron chi connectivity index (χ3n) is 0.733. The van der Waals surface area contributed by atoms with Crippen LogP contribution in [0.4, 0.5) is 0 Å². The van der Waals surface area contributed by atoms with Gasteiger partial charge in [-0.2, -0.15) is 0 Å². The zero-order valence-corrected chi connectivity index (χ0v) is 9.37. The molecule has 0 aliphatic rings. The molecule has 2 heteroatoms. The van der Waals surface area contributed by atoms with Gasteiger partial charge in [-0.15, -0.1) is 0 Å². The summed E-state index contributed by atoms with van der Waals surface area (Å²) in [6.07, 6.45) is 0. The molecule has 1 aromatic rings. The molecule has 0 amide bonds. The van der Waals surface area contributed by atoms with Crippen molar-refractivity contribution in [2.24, 2.45) is 0 Å². The smallest absolute Gasteiger partial charge is 0.0130 e. The summed E-state index contributed by atoms with van der Waals surface area (Å²) in [5, 5.41) is 0. The van der Waals surface area contributed by atoms with Gasteiger partial charge in [-0.25, -0.2) is 0 Å². The second kappa shape index (κ2) is 6.61. The zero-order chi connectivity index (χ0) is 8.69. The predicted molar refractivity (Wildman–Crippen MR) is 58.8 cm³/mol. The molecule has 1 nitrogen and oxygen atoms in total. The molecule has 0 aromatic heterocycles. The highest BCUT2D eigenvalue weighted by Gasteiger charge is 1.74. The van der Waals surface area contributed by atoms with Crippen LogP contribution in [0.1, 0.15) is 0 Å². The highest BCUT2D eigenvalue weighted by atomic mass is 127. The van der Waals surface area contributed by atoms with Crippen LogP contribution in [0.2, 0.25) is 0 Å². The summed E-state index contributed by atoms with van der Waals surface area (Å²) in [6.45, 7) is 0. The van der Waals surface area contributed by atoms with Crippen LogP contribution in [-0.4, -0.2) is 26.0 Å². The van der Waals surface area contributed by atoms with E-state index in [0.717, 1.165) is 0 Å². The topological polar surface area (TPSA) is 3.24 Å². The van der Waals surface area contributed by atoms with E-state index in [1.165, 1.54) is 3.57 Å². The lowest BCUT2D eigenvalue weighted by Gasteiger charge is -1.90. The van der Waals surface area contributed by atoms with Gasteiger partial charge in [0.15, 0.2) is 0 Å². The molecule has 0 radical (unpaired) electrons. The van der Waals surface area contributed by atoms with Crippen molar-refractivity contribution in [3.63, 3.8) is 0 Å². The molecule has 0 bridgehead atoms. The maximum atomic E-state index is 2.28. The van der Waals surface area contributed by atoms with Gasteiger partial charge in [0, 0.05) is 3.57 Å². The van der Waals surface area contributed by atoms with E-state index < -0.39 is 0 Å². The van der Waals surface area contributed by atoms with Gasteiger partial charge in [0.25, 0.3) is 0 Å². The third kappa shape index (κ3) is 9.91. The van der Waals surface area contributed by atoms with E-state index in [4.69, 9.17) is 0 Å². The molecule has 0 atom stereocenters. The lowest BCUT2D eigenvalue weighted by Crippen LogP contribution is -1.99. The Bertz CT molecular complexity index is 169. The minimum absolute atomic E-state index is 1.29. The van der Waals surface area contributed by atoms with Crippen molar-refractivity contribution in [2.75, 3.05) is 21.1 Å². The number of halogens is 1. The molecule has 11 heavy (non-hydrogen) atoms. The first-order valence-electron chi connectivity index (χ1n) is 3.44.